The van der Waals surface area contributed by atoms with Crippen LogP contribution in [-0.2, 0) is 0 Å². The number of hydrogen-bond donors (Lipinski definition) is 0. The minimum atomic E-state index is -0.284. The molecule has 2 aromatic rings. The summed E-state index contributed by atoms with van der Waals surface area (Å²) in [5.41, 5.74) is 1.45. The Labute approximate surface area is 135 Å². The number of hydrogen-bond acceptors (Lipinski definition) is 0. The molecule has 2 rings (SSSR count). The van der Waals surface area contributed by atoms with Crippen molar-refractivity contribution in [2.45, 2.75) is 4.83 Å². The van der Waals surface area contributed by atoms with E-state index < -0.39 is 0 Å². The van der Waals surface area contributed by atoms with E-state index >= 15 is 0 Å². The lowest BCUT2D eigenvalue weighted by atomic mass is 10.0. The van der Waals surface area contributed by atoms with Gasteiger partial charge in [-0.25, -0.2) is 4.39 Å². The molecule has 0 aliphatic carbocycles. The number of benzene rings is 2. The summed E-state index contributed by atoms with van der Waals surface area (Å²) in [5, 5.41) is 0.516. The largest absolute Gasteiger partial charge is 0.207 e. The van der Waals surface area contributed by atoms with Crippen LogP contribution in [-0.4, -0.2) is 0 Å². The van der Waals surface area contributed by atoms with Crippen molar-refractivity contribution in [1.82, 2.24) is 0 Å². The average molecular weight is 457 g/mol. The minimum Gasteiger partial charge on any atom is -0.207 e. The van der Waals surface area contributed by atoms with Gasteiger partial charge >= 0.3 is 0 Å². The van der Waals surface area contributed by atoms with Crippen molar-refractivity contribution >= 4 is 59.4 Å². The van der Waals surface area contributed by atoms with E-state index in [-0.39, 0.29) is 10.6 Å². The zero-order valence-corrected chi connectivity index (χ0v) is 14.4. The van der Waals surface area contributed by atoms with Crippen LogP contribution < -0.4 is 0 Å². The maximum Gasteiger partial charge on any atom is 0.127 e. The highest BCUT2D eigenvalue weighted by Crippen LogP contribution is 2.38. The van der Waals surface area contributed by atoms with E-state index in [0.29, 0.717) is 10.6 Å². The molecule has 1 unspecified atom stereocenters. The molecule has 0 nitrogen and oxygen atoms in total. The fourth-order valence-corrected chi connectivity index (χ4v) is 3.66. The van der Waals surface area contributed by atoms with Gasteiger partial charge in [0.15, 0.2) is 0 Å². The van der Waals surface area contributed by atoms with Crippen LogP contribution in [0.2, 0.25) is 5.02 Å². The molecule has 0 radical (unpaired) electrons. The smallest absolute Gasteiger partial charge is 0.127 e. The van der Waals surface area contributed by atoms with Gasteiger partial charge in [0.05, 0.1) is 4.83 Å². The molecule has 0 bridgehead atoms. The van der Waals surface area contributed by atoms with E-state index in [1.165, 1.54) is 12.1 Å². The lowest BCUT2D eigenvalue weighted by Crippen LogP contribution is -1.97. The van der Waals surface area contributed by atoms with E-state index in [9.17, 15) is 4.39 Å². The molecule has 94 valence electrons. The number of halogens is 5. The second-order valence-corrected chi connectivity index (χ2v) is 6.82. The fraction of sp³-hybridized carbons (Fsp3) is 0.0769. The van der Waals surface area contributed by atoms with Gasteiger partial charge in [0.1, 0.15) is 5.82 Å². The normalized spacial score (nSPS) is 12.5. The lowest BCUT2D eigenvalue weighted by Gasteiger charge is -2.14. The molecule has 0 heterocycles. The summed E-state index contributed by atoms with van der Waals surface area (Å²) >= 11 is 16.3. The van der Waals surface area contributed by atoms with Gasteiger partial charge in [-0.3, -0.25) is 0 Å². The Morgan fingerprint density at radius 2 is 1.72 bits per heavy atom. The van der Waals surface area contributed by atoms with Gasteiger partial charge in [-0.15, -0.1) is 0 Å². The van der Waals surface area contributed by atoms with Crippen molar-refractivity contribution < 1.29 is 4.39 Å². The fourth-order valence-electron chi connectivity index (χ4n) is 1.59. The van der Waals surface area contributed by atoms with Crippen LogP contribution in [0.3, 0.4) is 0 Å². The molecule has 0 saturated carbocycles. The Kier molecular flexibility index (Phi) is 4.86. The first-order valence-corrected chi connectivity index (χ1v) is 7.91. The van der Waals surface area contributed by atoms with Gasteiger partial charge in [-0.1, -0.05) is 59.4 Å². The van der Waals surface area contributed by atoms with Crippen LogP contribution in [0.1, 0.15) is 16.0 Å². The van der Waals surface area contributed by atoms with E-state index in [2.05, 4.69) is 47.8 Å². The molecule has 0 fully saturated rings. The molecule has 5 heteroatoms. The summed E-state index contributed by atoms with van der Waals surface area (Å²) in [4.78, 5) is -0.261. The average Bonchev–Trinajstić information content (AvgIpc) is 2.34. The molecule has 0 aliphatic heterocycles. The molecule has 0 amide bonds. The number of alkyl halides is 1. The van der Waals surface area contributed by atoms with E-state index in [4.69, 9.17) is 11.6 Å². The molecular formula is C13H7Br3ClF. The van der Waals surface area contributed by atoms with Crippen molar-refractivity contribution in [3.8, 4) is 0 Å². The van der Waals surface area contributed by atoms with Crippen LogP contribution >= 0.6 is 59.4 Å². The predicted octanol–water partition coefficient (Wildman–Crippen LogP) is 6.49. The van der Waals surface area contributed by atoms with Gasteiger partial charge in [0.2, 0.25) is 0 Å². The standard InChI is InChI=1S/C13H7Br3ClF/c14-7-1-3-11(15)9(5-7)13(16)10-6-8(17)2-4-12(10)18/h1-6,13H. The highest BCUT2D eigenvalue weighted by Gasteiger charge is 2.18. The van der Waals surface area contributed by atoms with E-state index in [1.54, 1.807) is 6.07 Å². The van der Waals surface area contributed by atoms with Crippen LogP contribution in [0.15, 0.2) is 45.3 Å². The van der Waals surface area contributed by atoms with Crippen molar-refractivity contribution in [2.75, 3.05) is 0 Å². The molecule has 2 aromatic carbocycles. The molecular weight excluding hydrogens is 450 g/mol. The molecule has 0 N–H and O–H groups in total. The second-order valence-electron chi connectivity index (χ2n) is 3.69. The van der Waals surface area contributed by atoms with Crippen molar-refractivity contribution in [3.63, 3.8) is 0 Å². The number of rotatable bonds is 2. The maximum atomic E-state index is 13.8. The van der Waals surface area contributed by atoms with Crippen molar-refractivity contribution in [2.24, 2.45) is 0 Å². The SMILES string of the molecule is Fc1ccc(Cl)cc1C(Br)c1cc(Br)ccc1Br. The lowest BCUT2D eigenvalue weighted by molar-refractivity contribution is 0.613. The summed E-state index contributed by atoms with van der Waals surface area (Å²) in [6.07, 6.45) is 0. The second kappa shape index (κ2) is 6.04. The van der Waals surface area contributed by atoms with Crippen LogP contribution in [0, 0.1) is 5.82 Å². The van der Waals surface area contributed by atoms with Crippen LogP contribution in [0.5, 0.6) is 0 Å². The maximum absolute atomic E-state index is 13.8. The van der Waals surface area contributed by atoms with Gasteiger partial charge in [-0.2, -0.15) is 0 Å². The highest BCUT2D eigenvalue weighted by molar-refractivity contribution is 9.11. The van der Waals surface area contributed by atoms with Gasteiger partial charge < -0.3 is 0 Å². The third-order valence-electron chi connectivity index (χ3n) is 2.46. The van der Waals surface area contributed by atoms with Crippen LogP contribution in [0.25, 0.3) is 0 Å². The van der Waals surface area contributed by atoms with Gasteiger partial charge in [0, 0.05) is 19.5 Å². The van der Waals surface area contributed by atoms with E-state index in [0.717, 1.165) is 14.5 Å². The first-order valence-electron chi connectivity index (χ1n) is 5.03. The Balaban J connectivity index is 2.50. The molecule has 0 aromatic heterocycles. The van der Waals surface area contributed by atoms with Gasteiger partial charge in [0.25, 0.3) is 0 Å². The third-order valence-corrected chi connectivity index (χ3v) is 4.90. The first-order chi connectivity index (χ1) is 8.49. The summed E-state index contributed by atoms with van der Waals surface area (Å²) in [5.74, 6) is -0.284. The summed E-state index contributed by atoms with van der Waals surface area (Å²) in [6, 6.07) is 10.3. The van der Waals surface area contributed by atoms with Crippen molar-refractivity contribution in [1.29, 1.82) is 0 Å². The zero-order chi connectivity index (χ0) is 13.3. The molecule has 0 spiro atoms. The van der Waals surface area contributed by atoms with E-state index in [1.807, 2.05) is 18.2 Å². The molecule has 0 aliphatic rings. The zero-order valence-electron chi connectivity index (χ0n) is 8.93. The first kappa shape index (κ1) is 14.5. The minimum absolute atomic E-state index is 0.261. The Morgan fingerprint density at radius 3 is 2.44 bits per heavy atom. The topological polar surface area (TPSA) is 0 Å². The van der Waals surface area contributed by atoms with Gasteiger partial charge in [-0.05, 0) is 42.0 Å². The quantitative estimate of drug-likeness (QED) is 0.453. The van der Waals surface area contributed by atoms with Crippen molar-refractivity contribution in [3.05, 3.63) is 67.3 Å². The summed E-state index contributed by atoms with van der Waals surface area (Å²) < 4.78 is 15.7. The molecule has 0 saturated heterocycles. The van der Waals surface area contributed by atoms with Crippen LogP contribution in [0.4, 0.5) is 4.39 Å². The third kappa shape index (κ3) is 3.16. The molecule has 18 heavy (non-hydrogen) atoms. The highest BCUT2D eigenvalue weighted by atomic mass is 79.9. The predicted molar refractivity (Wildman–Crippen MR) is 84.0 cm³/mol. The monoisotopic (exact) mass is 454 g/mol. The summed E-state index contributed by atoms with van der Waals surface area (Å²) in [6.45, 7) is 0. The molecule has 1 atom stereocenters. The summed E-state index contributed by atoms with van der Waals surface area (Å²) in [7, 11) is 0. The Morgan fingerprint density at radius 1 is 1.00 bits per heavy atom. The Bertz CT molecular complexity index is 535. The Hall–Kier alpha value is 0.1000.